The number of carbonyl (C=O) groups is 1. The number of ketones is 1. The number of rotatable bonds is 13. The standard InChI is InChI=1S/C38H41ClFNO/c1-29-37-28-34(39)19-18-31(37)23-27-41(29)26-9-25-38(32-10-4-2-5-11-32,33-12-6-3-7-13-33)24-8-14-36(42)22-17-30-15-20-35(40)21-16-30/h2-7,10-13,15-16,18-21,28-29H,8-9,14,17,22-27H2,1H3. The van der Waals surface area contributed by atoms with Crippen LogP contribution in [-0.4, -0.2) is 23.8 Å². The number of aryl methyl sites for hydroxylation is 1. The Morgan fingerprint density at radius 1 is 0.857 bits per heavy atom. The van der Waals surface area contributed by atoms with Crippen LogP contribution in [0.1, 0.15) is 79.3 Å². The zero-order valence-electron chi connectivity index (χ0n) is 24.6. The second kappa shape index (κ2) is 14.3. The molecular weight excluding hydrogens is 541 g/mol. The highest BCUT2D eigenvalue weighted by molar-refractivity contribution is 6.30. The first-order valence-corrected chi connectivity index (χ1v) is 15.7. The van der Waals surface area contributed by atoms with Gasteiger partial charge in [-0.1, -0.05) is 90.5 Å². The molecule has 0 amide bonds. The van der Waals surface area contributed by atoms with Gasteiger partial charge in [0.05, 0.1) is 0 Å². The van der Waals surface area contributed by atoms with Gasteiger partial charge in [0.25, 0.3) is 0 Å². The molecule has 0 N–H and O–H groups in total. The van der Waals surface area contributed by atoms with Crippen molar-refractivity contribution >= 4 is 17.4 Å². The zero-order chi connectivity index (χ0) is 29.4. The quantitative estimate of drug-likeness (QED) is 0.157. The number of carbonyl (C=O) groups excluding carboxylic acids is 1. The fourth-order valence-corrected chi connectivity index (χ4v) is 6.94. The van der Waals surface area contributed by atoms with Crippen LogP contribution >= 0.6 is 11.6 Å². The van der Waals surface area contributed by atoms with Crippen molar-refractivity contribution in [2.45, 2.75) is 69.7 Å². The Kier molecular flexibility index (Phi) is 10.3. The van der Waals surface area contributed by atoms with E-state index in [1.54, 1.807) is 12.1 Å². The lowest BCUT2D eigenvalue weighted by atomic mass is 9.68. The highest BCUT2D eigenvalue weighted by Crippen LogP contribution is 2.42. The van der Waals surface area contributed by atoms with Gasteiger partial charge in [0.1, 0.15) is 11.6 Å². The van der Waals surface area contributed by atoms with Gasteiger partial charge in [0.2, 0.25) is 0 Å². The van der Waals surface area contributed by atoms with Crippen molar-refractivity contribution < 1.29 is 9.18 Å². The molecule has 4 heteroatoms. The molecule has 0 spiro atoms. The van der Waals surface area contributed by atoms with Crippen molar-refractivity contribution in [3.8, 4) is 0 Å². The topological polar surface area (TPSA) is 20.3 Å². The largest absolute Gasteiger partial charge is 0.300 e. The summed E-state index contributed by atoms with van der Waals surface area (Å²) < 4.78 is 13.3. The van der Waals surface area contributed by atoms with E-state index in [4.69, 9.17) is 11.6 Å². The molecule has 0 radical (unpaired) electrons. The van der Waals surface area contributed by atoms with Crippen molar-refractivity contribution in [1.82, 2.24) is 4.90 Å². The Hall–Kier alpha value is -3.27. The first-order valence-electron chi connectivity index (χ1n) is 15.3. The van der Waals surface area contributed by atoms with Crippen LogP contribution in [0, 0.1) is 5.82 Å². The number of nitrogens with zero attached hydrogens (tertiary/aromatic N) is 1. The first-order chi connectivity index (χ1) is 20.4. The highest BCUT2D eigenvalue weighted by Gasteiger charge is 2.34. The number of hydrogen-bond donors (Lipinski definition) is 0. The van der Waals surface area contributed by atoms with Gasteiger partial charge in [0, 0.05) is 35.9 Å². The van der Waals surface area contributed by atoms with Gasteiger partial charge < -0.3 is 0 Å². The summed E-state index contributed by atoms with van der Waals surface area (Å²) in [6.45, 7) is 4.38. The minimum absolute atomic E-state index is 0.167. The third-order valence-corrected chi connectivity index (χ3v) is 9.38. The summed E-state index contributed by atoms with van der Waals surface area (Å²) in [7, 11) is 0. The lowest BCUT2D eigenvalue weighted by Crippen LogP contribution is -2.36. The summed E-state index contributed by atoms with van der Waals surface area (Å²) in [4.78, 5) is 15.5. The molecule has 0 aliphatic carbocycles. The lowest BCUT2D eigenvalue weighted by Gasteiger charge is -2.38. The van der Waals surface area contributed by atoms with Crippen molar-refractivity contribution in [3.63, 3.8) is 0 Å². The summed E-state index contributed by atoms with van der Waals surface area (Å²) in [6.07, 6.45) is 6.58. The van der Waals surface area contributed by atoms with Crippen LogP contribution in [0.25, 0.3) is 0 Å². The van der Waals surface area contributed by atoms with Gasteiger partial charge in [-0.15, -0.1) is 0 Å². The van der Waals surface area contributed by atoms with Crippen LogP contribution in [-0.2, 0) is 23.1 Å². The van der Waals surface area contributed by atoms with E-state index in [1.165, 1.54) is 34.4 Å². The molecule has 5 rings (SSSR count). The normalized spacial score (nSPS) is 15.4. The molecule has 0 saturated heterocycles. The molecule has 42 heavy (non-hydrogen) atoms. The molecule has 1 aliphatic rings. The molecule has 218 valence electrons. The first kappa shape index (κ1) is 30.2. The van der Waals surface area contributed by atoms with E-state index < -0.39 is 0 Å². The maximum absolute atomic E-state index is 13.3. The van der Waals surface area contributed by atoms with E-state index in [-0.39, 0.29) is 17.0 Å². The van der Waals surface area contributed by atoms with E-state index in [0.29, 0.717) is 25.3 Å². The van der Waals surface area contributed by atoms with Gasteiger partial charge in [-0.05, 0) is 104 Å². The van der Waals surface area contributed by atoms with Crippen LogP contribution in [0.3, 0.4) is 0 Å². The zero-order valence-corrected chi connectivity index (χ0v) is 25.3. The van der Waals surface area contributed by atoms with Gasteiger partial charge in [-0.25, -0.2) is 4.39 Å². The van der Waals surface area contributed by atoms with Crippen LogP contribution in [0.4, 0.5) is 4.39 Å². The molecule has 1 aliphatic heterocycles. The third-order valence-electron chi connectivity index (χ3n) is 9.14. The highest BCUT2D eigenvalue weighted by atomic mass is 35.5. The molecule has 0 aromatic heterocycles. The third kappa shape index (κ3) is 7.38. The SMILES string of the molecule is CC1c2cc(Cl)ccc2CCN1CCCC(CCCC(=O)CCc1ccc(F)cc1)(c1ccccc1)c1ccccc1. The minimum atomic E-state index is -0.243. The summed E-state index contributed by atoms with van der Waals surface area (Å²) in [6, 6.07) is 34.9. The number of fused-ring (bicyclic) bond motifs is 1. The summed E-state index contributed by atoms with van der Waals surface area (Å²) >= 11 is 6.36. The lowest BCUT2D eigenvalue weighted by molar-refractivity contribution is -0.119. The Morgan fingerprint density at radius 2 is 1.50 bits per heavy atom. The number of halogens is 2. The van der Waals surface area contributed by atoms with Crippen molar-refractivity contribution in [3.05, 3.63) is 142 Å². The fourth-order valence-electron chi connectivity index (χ4n) is 6.76. The summed E-state index contributed by atoms with van der Waals surface area (Å²) in [5, 5.41) is 0.807. The van der Waals surface area contributed by atoms with Crippen molar-refractivity contribution in [2.24, 2.45) is 0 Å². The number of benzene rings is 4. The summed E-state index contributed by atoms with van der Waals surface area (Å²) in [5.74, 6) is 0.0287. The molecule has 0 fully saturated rings. The second-order valence-corrected chi connectivity index (χ2v) is 12.2. The number of hydrogen-bond acceptors (Lipinski definition) is 2. The summed E-state index contributed by atoms with van der Waals surface area (Å²) in [5.41, 5.74) is 6.24. The maximum Gasteiger partial charge on any atom is 0.133 e. The maximum atomic E-state index is 13.3. The Balaban J connectivity index is 1.29. The second-order valence-electron chi connectivity index (χ2n) is 11.7. The van der Waals surface area contributed by atoms with E-state index in [9.17, 15) is 9.18 Å². The van der Waals surface area contributed by atoms with Gasteiger partial charge in [-0.3, -0.25) is 9.69 Å². The smallest absolute Gasteiger partial charge is 0.133 e. The van der Waals surface area contributed by atoms with Crippen LogP contribution in [0.2, 0.25) is 5.02 Å². The van der Waals surface area contributed by atoms with E-state index in [2.05, 4.69) is 84.6 Å². The molecule has 2 nitrogen and oxygen atoms in total. The Labute approximate surface area is 255 Å². The molecule has 4 aromatic rings. The monoisotopic (exact) mass is 581 g/mol. The van der Waals surface area contributed by atoms with E-state index in [0.717, 1.165) is 55.8 Å². The Morgan fingerprint density at radius 3 is 2.17 bits per heavy atom. The fraction of sp³-hybridized carbons (Fsp3) is 0.342. The number of Topliss-reactive ketones (excluding diaryl/α,β-unsaturated/α-hetero) is 1. The minimum Gasteiger partial charge on any atom is -0.300 e. The average Bonchev–Trinajstić information content (AvgIpc) is 3.02. The molecule has 1 heterocycles. The van der Waals surface area contributed by atoms with Crippen molar-refractivity contribution in [2.75, 3.05) is 13.1 Å². The Bertz CT molecular complexity index is 1400. The van der Waals surface area contributed by atoms with Gasteiger partial charge in [-0.2, -0.15) is 0 Å². The predicted molar refractivity (Wildman–Crippen MR) is 172 cm³/mol. The van der Waals surface area contributed by atoms with Crippen LogP contribution in [0.15, 0.2) is 103 Å². The molecule has 0 saturated carbocycles. The molecule has 0 bridgehead atoms. The van der Waals surface area contributed by atoms with Gasteiger partial charge in [0.15, 0.2) is 0 Å². The molecule has 1 unspecified atom stereocenters. The average molecular weight is 582 g/mol. The van der Waals surface area contributed by atoms with Crippen LogP contribution < -0.4 is 0 Å². The molecular formula is C38H41ClFNO. The molecule has 1 atom stereocenters. The van der Waals surface area contributed by atoms with Crippen molar-refractivity contribution in [1.29, 1.82) is 0 Å². The van der Waals surface area contributed by atoms with E-state index in [1.807, 2.05) is 6.07 Å². The predicted octanol–water partition coefficient (Wildman–Crippen LogP) is 9.54. The van der Waals surface area contributed by atoms with E-state index >= 15 is 0 Å². The van der Waals surface area contributed by atoms with Gasteiger partial charge >= 0.3 is 0 Å². The molecule has 4 aromatic carbocycles. The van der Waals surface area contributed by atoms with Crippen LogP contribution in [0.5, 0.6) is 0 Å².